The molecule has 2 N–H and O–H groups in total. The Morgan fingerprint density at radius 2 is 1.20 bits per heavy atom. The molecular formula is C36H34Cl4N4O7. The fourth-order valence-electron chi connectivity index (χ4n) is 4.82. The maximum Gasteiger partial charge on any atom is 0.341 e. The van der Waals surface area contributed by atoms with Crippen molar-refractivity contribution >= 4 is 81.5 Å². The second-order valence-electron chi connectivity index (χ2n) is 11.1. The summed E-state index contributed by atoms with van der Waals surface area (Å²) < 4.78 is 10.3. The molecule has 2 saturated heterocycles. The van der Waals surface area contributed by atoms with Crippen LogP contribution in [0.25, 0.3) is 0 Å². The Kier molecular flexibility index (Phi) is 14.4. The molecule has 0 aliphatic carbocycles. The minimum Gasteiger partial charge on any atom is -0.484 e. The largest absolute Gasteiger partial charge is 0.484 e. The van der Waals surface area contributed by atoms with Crippen molar-refractivity contribution in [2.45, 2.75) is 13.8 Å². The third kappa shape index (κ3) is 11.2. The summed E-state index contributed by atoms with van der Waals surface area (Å²) in [4.78, 5) is 50.9. The molecular weight excluding hydrogens is 742 g/mol. The highest BCUT2D eigenvalue weighted by molar-refractivity contribution is 6.32. The molecule has 268 valence electrons. The molecule has 4 aromatic rings. The highest BCUT2D eigenvalue weighted by atomic mass is 35.5. The van der Waals surface area contributed by atoms with Gasteiger partial charge in [-0.3, -0.25) is 29.5 Å². The van der Waals surface area contributed by atoms with Crippen molar-refractivity contribution in [2.24, 2.45) is 0 Å². The number of nitrogens with zero attached hydrogens (tertiary/aromatic N) is 3. The Morgan fingerprint density at radius 1 is 0.706 bits per heavy atom. The Balaban J connectivity index is 0.000000189. The second kappa shape index (κ2) is 18.6. The van der Waals surface area contributed by atoms with E-state index < -0.39 is 5.97 Å². The van der Waals surface area contributed by atoms with Crippen molar-refractivity contribution in [3.8, 4) is 11.5 Å². The number of benzene rings is 4. The van der Waals surface area contributed by atoms with E-state index in [0.29, 0.717) is 50.5 Å². The van der Waals surface area contributed by atoms with Crippen LogP contribution < -0.4 is 24.6 Å². The molecule has 11 nitrogen and oxygen atoms in total. The zero-order valence-corrected chi connectivity index (χ0v) is 30.6. The van der Waals surface area contributed by atoms with Gasteiger partial charge in [0.15, 0.2) is 13.2 Å². The van der Waals surface area contributed by atoms with Gasteiger partial charge in [0.1, 0.15) is 24.7 Å². The number of carboxylic acids is 1. The molecule has 15 heteroatoms. The number of halogens is 4. The Bertz CT molecular complexity index is 1860. The molecule has 2 aliphatic heterocycles. The molecule has 0 aromatic heterocycles. The minimum absolute atomic E-state index is 0.0226. The SMILES string of the molecule is Cc1c(Cl)cccc1N1CN(C(=O)COc2ccc(Cl)cc2)CC1=O.Cc1c(Cl)cccc1N1CNCC1=O.O=C(O)COc1ccc(Cl)cc1. The molecule has 2 heterocycles. The van der Waals surface area contributed by atoms with Gasteiger partial charge < -0.3 is 19.5 Å². The topological polar surface area (TPSA) is 129 Å². The van der Waals surface area contributed by atoms with Crippen LogP contribution in [0.5, 0.6) is 11.5 Å². The fourth-order valence-corrected chi connectivity index (χ4v) is 5.41. The summed E-state index contributed by atoms with van der Waals surface area (Å²) in [6.45, 7) is 4.48. The van der Waals surface area contributed by atoms with Crippen LogP contribution in [0.2, 0.25) is 20.1 Å². The van der Waals surface area contributed by atoms with E-state index in [1.807, 2.05) is 38.1 Å². The number of nitrogens with one attached hydrogen (secondary N) is 1. The number of hydrogen-bond donors (Lipinski definition) is 2. The molecule has 2 fully saturated rings. The van der Waals surface area contributed by atoms with Crippen molar-refractivity contribution in [3.63, 3.8) is 0 Å². The summed E-state index contributed by atoms with van der Waals surface area (Å²) in [7, 11) is 0. The number of rotatable bonds is 8. The average Bonchev–Trinajstić information content (AvgIpc) is 3.72. The summed E-state index contributed by atoms with van der Waals surface area (Å²) in [5.41, 5.74) is 3.37. The number of hydrogen-bond acceptors (Lipinski definition) is 7. The maximum absolute atomic E-state index is 12.3. The van der Waals surface area contributed by atoms with Crippen molar-refractivity contribution in [2.75, 3.05) is 49.4 Å². The number of carbonyl (C=O) groups excluding carboxylic acids is 3. The van der Waals surface area contributed by atoms with E-state index in [4.69, 9.17) is 61.0 Å². The van der Waals surface area contributed by atoms with Crippen molar-refractivity contribution in [3.05, 3.63) is 116 Å². The monoisotopic (exact) mass is 774 g/mol. The van der Waals surface area contributed by atoms with Gasteiger partial charge in [0.2, 0.25) is 11.8 Å². The Hall–Kier alpha value is -4.52. The number of ether oxygens (including phenoxy) is 2. The van der Waals surface area contributed by atoms with Crippen molar-refractivity contribution in [1.82, 2.24) is 10.2 Å². The van der Waals surface area contributed by atoms with E-state index in [1.54, 1.807) is 70.5 Å². The summed E-state index contributed by atoms with van der Waals surface area (Å²) >= 11 is 23.5. The van der Waals surface area contributed by atoms with E-state index in [9.17, 15) is 19.2 Å². The van der Waals surface area contributed by atoms with Crippen molar-refractivity contribution in [1.29, 1.82) is 0 Å². The number of carboxylic acid groups (broad SMARTS) is 1. The molecule has 2 aliphatic rings. The predicted octanol–water partition coefficient (Wildman–Crippen LogP) is 6.86. The maximum atomic E-state index is 12.3. The smallest absolute Gasteiger partial charge is 0.341 e. The van der Waals surface area contributed by atoms with E-state index in [1.165, 1.54) is 4.90 Å². The lowest BCUT2D eigenvalue weighted by molar-refractivity contribution is -0.139. The van der Waals surface area contributed by atoms with Crippen LogP contribution in [0.3, 0.4) is 0 Å². The highest BCUT2D eigenvalue weighted by Gasteiger charge is 2.33. The van der Waals surface area contributed by atoms with Crippen LogP contribution in [-0.2, 0) is 19.2 Å². The van der Waals surface area contributed by atoms with Gasteiger partial charge in [-0.25, -0.2) is 4.79 Å². The fraction of sp³-hybridized carbons (Fsp3) is 0.222. The average molecular weight is 777 g/mol. The van der Waals surface area contributed by atoms with Crippen LogP contribution in [0.1, 0.15) is 11.1 Å². The first kappa shape index (κ1) is 39.3. The number of anilines is 2. The van der Waals surface area contributed by atoms with Crippen LogP contribution in [0, 0.1) is 13.8 Å². The van der Waals surface area contributed by atoms with Gasteiger partial charge in [0.05, 0.1) is 13.2 Å². The molecule has 0 spiro atoms. The van der Waals surface area contributed by atoms with Gasteiger partial charge in [-0.05, 0) is 97.8 Å². The van der Waals surface area contributed by atoms with Crippen LogP contribution in [-0.4, -0.2) is 73.3 Å². The first-order valence-electron chi connectivity index (χ1n) is 15.4. The van der Waals surface area contributed by atoms with E-state index in [2.05, 4.69) is 5.32 Å². The quantitative estimate of drug-likeness (QED) is 0.199. The molecule has 0 saturated carbocycles. The predicted molar refractivity (Wildman–Crippen MR) is 198 cm³/mol. The molecule has 0 radical (unpaired) electrons. The molecule has 3 amide bonds. The minimum atomic E-state index is -0.995. The summed E-state index contributed by atoms with van der Waals surface area (Å²) in [5.74, 6) is -0.261. The van der Waals surface area contributed by atoms with Gasteiger partial charge in [0, 0.05) is 31.5 Å². The van der Waals surface area contributed by atoms with Crippen molar-refractivity contribution < 1.29 is 33.8 Å². The zero-order chi connectivity index (χ0) is 37.1. The second-order valence-corrected chi connectivity index (χ2v) is 12.8. The zero-order valence-electron chi connectivity index (χ0n) is 27.6. The van der Waals surface area contributed by atoms with Gasteiger partial charge in [-0.2, -0.15) is 0 Å². The highest BCUT2D eigenvalue weighted by Crippen LogP contribution is 2.29. The first-order valence-corrected chi connectivity index (χ1v) is 16.9. The van der Waals surface area contributed by atoms with Gasteiger partial charge in [0.25, 0.3) is 5.91 Å². The summed E-state index contributed by atoms with van der Waals surface area (Å²) in [6, 6.07) is 24.2. The normalized spacial score (nSPS) is 13.6. The number of amides is 3. The Labute approximate surface area is 315 Å². The molecule has 0 unspecified atom stereocenters. The van der Waals surface area contributed by atoms with Gasteiger partial charge in [-0.1, -0.05) is 58.5 Å². The van der Waals surface area contributed by atoms with E-state index in [0.717, 1.165) is 16.8 Å². The molecule has 4 aromatic carbocycles. The van der Waals surface area contributed by atoms with E-state index >= 15 is 0 Å². The van der Waals surface area contributed by atoms with Crippen LogP contribution in [0.4, 0.5) is 11.4 Å². The lowest BCUT2D eigenvalue weighted by Crippen LogP contribution is -2.34. The lowest BCUT2D eigenvalue weighted by atomic mass is 10.2. The van der Waals surface area contributed by atoms with Crippen LogP contribution in [0.15, 0.2) is 84.9 Å². The standard InChI is InChI=1S/C18H16Cl2N2O3.C10H11ClN2O.C8H7ClO3/c1-12-15(20)3-2-4-16(12)22-11-21(9-17(22)23)18(24)10-25-14-7-5-13(19)6-8-14;1-7-8(11)3-2-4-9(7)13-6-12-5-10(13)14;9-6-1-3-7(4-2-6)12-5-8(10)11/h2-8H,9-11H2,1H3;2-4,12H,5-6H2,1H3;1-4H,5H2,(H,10,11). The third-order valence-electron chi connectivity index (χ3n) is 7.55. The summed E-state index contributed by atoms with van der Waals surface area (Å²) in [5, 5.41) is 13.7. The first-order chi connectivity index (χ1) is 24.3. The Morgan fingerprint density at radius 3 is 1.67 bits per heavy atom. The van der Waals surface area contributed by atoms with Crippen LogP contribution >= 0.6 is 46.4 Å². The summed E-state index contributed by atoms with van der Waals surface area (Å²) in [6.07, 6.45) is 0. The molecule has 0 bridgehead atoms. The third-order valence-corrected chi connectivity index (χ3v) is 8.87. The van der Waals surface area contributed by atoms with Gasteiger partial charge >= 0.3 is 5.97 Å². The number of aliphatic carboxylic acids is 1. The molecule has 6 rings (SSSR count). The van der Waals surface area contributed by atoms with E-state index in [-0.39, 0.29) is 44.1 Å². The van der Waals surface area contributed by atoms with Gasteiger partial charge in [-0.15, -0.1) is 0 Å². The molecule has 0 atom stereocenters. The lowest BCUT2D eigenvalue weighted by Gasteiger charge is -2.20. The number of carbonyl (C=O) groups is 4. The molecule has 51 heavy (non-hydrogen) atoms.